The Morgan fingerprint density at radius 3 is 2.45 bits per heavy atom. The van der Waals surface area contributed by atoms with E-state index in [0.717, 1.165) is 12.0 Å². The molecular weight excluding hydrogens is 251 g/mol. The molecule has 2 aromatic rings. The molecule has 0 aliphatic rings. The predicted octanol–water partition coefficient (Wildman–Crippen LogP) is 3.39. The van der Waals surface area contributed by atoms with Crippen molar-refractivity contribution in [2.24, 2.45) is 5.84 Å². The minimum absolute atomic E-state index is 0.0872. The number of hydrogen-bond donors (Lipinski definition) is 2. The van der Waals surface area contributed by atoms with Gasteiger partial charge in [-0.3, -0.25) is 11.3 Å². The number of halogens is 1. The van der Waals surface area contributed by atoms with E-state index in [1.54, 1.807) is 12.1 Å². The molecule has 0 aliphatic carbocycles. The van der Waals surface area contributed by atoms with Crippen molar-refractivity contribution in [2.45, 2.75) is 31.7 Å². The van der Waals surface area contributed by atoms with Gasteiger partial charge in [-0.15, -0.1) is 0 Å². The van der Waals surface area contributed by atoms with Gasteiger partial charge in [0.25, 0.3) is 0 Å². The van der Waals surface area contributed by atoms with E-state index in [4.69, 9.17) is 5.84 Å². The van der Waals surface area contributed by atoms with E-state index in [1.165, 1.54) is 11.6 Å². The molecule has 3 N–H and O–H groups in total. The first-order chi connectivity index (χ1) is 9.74. The summed E-state index contributed by atoms with van der Waals surface area (Å²) in [6.07, 6.45) is 1.69. The Bertz CT molecular complexity index is 528. The van der Waals surface area contributed by atoms with Crippen molar-refractivity contribution >= 4 is 0 Å². The van der Waals surface area contributed by atoms with Crippen LogP contribution in [0.3, 0.4) is 0 Å². The Kier molecular flexibility index (Phi) is 5.27. The molecule has 2 aromatic carbocycles. The third-order valence-corrected chi connectivity index (χ3v) is 3.71. The van der Waals surface area contributed by atoms with Crippen molar-refractivity contribution in [3.8, 4) is 0 Å². The van der Waals surface area contributed by atoms with Crippen LogP contribution in [0.5, 0.6) is 0 Å². The summed E-state index contributed by atoms with van der Waals surface area (Å²) < 4.78 is 13.3. The molecule has 106 valence electrons. The maximum absolute atomic E-state index is 13.3. The van der Waals surface area contributed by atoms with Crippen LogP contribution >= 0.6 is 0 Å². The van der Waals surface area contributed by atoms with Gasteiger partial charge in [-0.25, -0.2) is 4.39 Å². The van der Waals surface area contributed by atoms with Crippen molar-refractivity contribution in [3.63, 3.8) is 0 Å². The van der Waals surface area contributed by atoms with Crippen LogP contribution in [0.1, 0.15) is 30.4 Å². The lowest BCUT2D eigenvalue weighted by molar-refractivity contribution is 0.427. The molecule has 0 bridgehead atoms. The average Bonchev–Trinajstić information content (AvgIpc) is 2.48. The average molecular weight is 272 g/mol. The van der Waals surface area contributed by atoms with Crippen LogP contribution in [0.15, 0.2) is 54.6 Å². The fraction of sp³-hybridized carbons (Fsp3) is 0.294. The molecule has 0 fully saturated rings. The minimum Gasteiger partial charge on any atom is -0.271 e. The zero-order valence-corrected chi connectivity index (χ0v) is 11.7. The molecule has 2 rings (SSSR count). The monoisotopic (exact) mass is 272 g/mol. The first-order valence-corrected chi connectivity index (χ1v) is 7.00. The third-order valence-electron chi connectivity index (χ3n) is 3.71. The Morgan fingerprint density at radius 1 is 1.10 bits per heavy atom. The van der Waals surface area contributed by atoms with E-state index in [1.807, 2.05) is 24.3 Å². The molecule has 2 unspecified atom stereocenters. The highest BCUT2D eigenvalue weighted by Crippen LogP contribution is 2.25. The zero-order valence-electron chi connectivity index (χ0n) is 11.7. The van der Waals surface area contributed by atoms with Gasteiger partial charge < -0.3 is 0 Å². The zero-order chi connectivity index (χ0) is 14.4. The summed E-state index contributed by atoms with van der Waals surface area (Å²) in [5.41, 5.74) is 5.12. The number of rotatable bonds is 6. The van der Waals surface area contributed by atoms with E-state index < -0.39 is 0 Å². The van der Waals surface area contributed by atoms with Crippen molar-refractivity contribution in [3.05, 3.63) is 71.5 Å². The highest BCUT2D eigenvalue weighted by Gasteiger charge is 2.20. The number of hydrogen-bond acceptors (Lipinski definition) is 2. The molecule has 0 heterocycles. The van der Waals surface area contributed by atoms with E-state index in [-0.39, 0.29) is 11.9 Å². The van der Waals surface area contributed by atoms with Crippen LogP contribution in [0, 0.1) is 5.82 Å². The van der Waals surface area contributed by atoms with Gasteiger partial charge in [0.1, 0.15) is 5.82 Å². The SMILES string of the molecule is CCC(c1ccccc1)C(Cc1cccc(F)c1)NN. The van der Waals surface area contributed by atoms with E-state index in [0.29, 0.717) is 12.3 Å². The maximum Gasteiger partial charge on any atom is 0.123 e. The summed E-state index contributed by atoms with van der Waals surface area (Å²) >= 11 is 0. The first kappa shape index (κ1) is 14.7. The van der Waals surface area contributed by atoms with Gasteiger partial charge in [0.05, 0.1) is 0 Å². The summed E-state index contributed by atoms with van der Waals surface area (Å²) in [5, 5.41) is 0. The fourth-order valence-electron chi connectivity index (χ4n) is 2.69. The Balaban J connectivity index is 2.18. The van der Waals surface area contributed by atoms with Crippen LogP contribution in [0.2, 0.25) is 0 Å². The number of nitrogens with two attached hydrogens (primary N) is 1. The summed E-state index contributed by atoms with van der Waals surface area (Å²) in [7, 11) is 0. The topological polar surface area (TPSA) is 38.0 Å². The predicted molar refractivity (Wildman–Crippen MR) is 80.7 cm³/mol. The fourth-order valence-corrected chi connectivity index (χ4v) is 2.69. The molecular formula is C17H21FN2. The maximum atomic E-state index is 13.3. The first-order valence-electron chi connectivity index (χ1n) is 7.00. The van der Waals surface area contributed by atoms with Gasteiger partial charge in [-0.1, -0.05) is 49.4 Å². The second-order valence-electron chi connectivity index (χ2n) is 5.03. The molecule has 0 spiro atoms. The molecule has 3 heteroatoms. The summed E-state index contributed by atoms with van der Waals surface area (Å²) in [6, 6.07) is 17.1. The number of benzene rings is 2. The van der Waals surface area contributed by atoms with Crippen molar-refractivity contribution in [2.75, 3.05) is 0 Å². The third kappa shape index (κ3) is 3.65. The largest absolute Gasteiger partial charge is 0.271 e. The van der Waals surface area contributed by atoms with Crippen LogP contribution in [0.25, 0.3) is 0 Å². The van der Waals surface area contributed by atoms with Gasteiger partial charge >= 0.3 is 0 Å². The van der Waals surface area contributed by atoms with Crippen molar-refractivity contribution in [1.82, 2.24) is 5.43 Å². The smallest absolute Gasteiger partial charge is 0.123 e. The summed E-state index contributed by atoms with van der Waals surface area (Å²) in [6.45, 7) is 2.15. The Morgan fingerprint density at radius 2 is 1.85 bits per heavy atom. The second kappa shape index (κ2) is 7.17. The van der Waals surface area contributed by atoms with Gasteiger partial charge in [0.2, 0.25) is 0 Å². The molecule has 2 nitrogen and oxygen atoms in total. The molecule has 0 amide bonds. The minimum atomic E-state index is -0.203. The van der Waals surface area contributed by atoms with E-state index in [9.17, 15) is 4.39 Å². The van der Waals surface area contributed by atoms with Crippen LogP contribution in [-0.2, 0) is 6.42 Å². The van der Waals surface area contributed by atoms with E-state index >= 15 is 0 Å². The normalized spacial score (nSPS) is 13.9. The molecule has 0 radical (unpaired) electrons. The molecule has 0 aromatic heterocycles. The highest BCUT2D eigenvalue weighted by atomic mass is 19.1. The van der Waals surface area contributed by atoms with Gasteiger partial charge in [-0.05, 0) is 36.1 Å². The second-order valence-corrected chi connectivity index (χ2v) is 5.03. The molecule has 20 heavy (non-hydrogen) atoms. The van der Waals surface area contributed by atoms with Crippen LogP contribution < -0.4 is 11.3 Å². The van der Waals surface area contributed by atoms with Crippen molar-refractivity contribution in [1.29, 1.82) is 0 Å². The summed E-state index contributed by atoms with van der Waals surface area (Å²) in [4.78, 5) is 0. The van der Waals surface area contributed by atoms with Crippen LogP contribution in [-0.4, -0.2) is 6.04 Å². The standard InChI is InChI=1S/C17H21FN2/c1-2-16(14-8-4-3-5-9-14)17(20-19)12-13-7-6-10-15(18)11-13/h3-11,16-17,20H,2,12,19H2,1H3. The van der Waals surface area contributed by atoms with Gasteiger partial charge in [-0.2, -0.15) is 0 Å². The summed E-state index contributed by atoms with van der Waals surface area (Å²) in [5.74, 6) is 5.84. The van der Waals surface area contributed by atoms with Gasteiger partial charge in [0, 0.05) is 12.0 Å². The Labute approximate surface area is 119 Å². The lowest BCUT2D eigenvalue weighted by Crippen LogP contribution is -2.41. The molecule has 0 saturated carbocycles. The molecule has 0 aliphatic heterocycles. The lowest BCUT2D eigenvalue weighted by Gasteiger charge is -2.26. The van der Waals surface area contributed by atoms with Gasteiger partial charge in [0.15, 0.2) is 0 Å². The van der Waals surface area contributed by atoms with E-state index in [2.05, 4.69) is 24.5 Å². The van der Waals surface area contributed by atoms with Crippen molar-refractivity contribution < 1.29 is 4.39 Å². The Hall–Kier alpha value is -1.71. The van der Waals surface area contributed by atoms with Crippen LogP contribution in [0.4, 0.5) is 4.39 Å². The highest BCUT2D eigenvalue weighted by molar-refractivity contribution is 5.24. The lowest BCUT2D eigenvalue weighted by atomic mass is 9.86. The molecule has 0 saturated heterocycles. The number of hydrazine groups is 1. The molecule has 2 atom stereocenters. The quantitative estimate of drug-likeness (QED) is 0.625. The number of nitrogens with one attached hydrogen (secondary N) is 1.